The Labute approximate surface area is 104 Å². The topological polar surface area (TPSA) is 24.4 Å². The smallest absolute Gasteiger partial charge is 0.365 e. The maximum absolute atomic E-state index is 12.0. The summed E-state index contributed by atoms with van der Waals surface area (Å²) in [6, 6.07) is 0. The number of nitrogens with zero attached hydrogens (tertiary/aromatic N) is 1. The van der Waals surface area contributed by atoms with E-state index in [1.165, 1.54) is 0 Å². The Morgan fingerprint density at radius 2 is 2.00 bits per heavy atom. The number of alkyl halides is 3. The highest BCUT2D eigenvalue weighted by atomic mass is 32.2. The zero-order valence-electron chi connectivity index (χ0n) is 10.2. The molecule has 0 spiro atoms. The Hall–Kier alpha value is -0.390. The number of hydrogen-bond acceptors (Lipinski definition) is 3. The first kappa shape index (κ1) is 14.7. The first-order chi connectivity index (χ1) is 7.91. The van der Waals surface area contributed by atoms with Gasteiger partial charge in [0.1, 0.15) is 0 Å². The first-order valence-electron chi connectivity index (χ1n) is 5.89. The minimum Gasteiger partial charge on any atom is -0.365 e. The second-order valence-electron chi connectivity index (χ2n) is 4.41. The molecule has 0 aromatic carbocycles. The van der Waals surface area contributed by atoms with Crippen LogP contribution in [-0.4, -0.2) is 30.2 Å². The molecule has 1 rings (SSSR count). The highest BCUT2D eigenvalue weighted by Gasteiger charge is 2.31. The monoisotopic (exact) mass is 268 g/mol. The lowest BCUT2D eigenvalue weighted by Crippen LogP contribution is -2.35. The molecule has 100 valence electrons. The second-order valence-corrected chi connectivity index (χ2v) is 5.37. The van der Waals surface area contributed by atoms with E-state index >= 15 is 0 Å². The number of halogens is 3. The van der Waals surface area contributed by atoms with E-state index < -0.39 is 12.6 Å². The summed E-state index contributed by atoms with van der Waals surface area (Å²) in [7, 11) is 0. The van der Waals surface area contributed by atoms with Gasteiger partial charge in [-0.25, -0.2) is 0 Å². The maximum atomic E-state index is 12.0. The van der Waals surface area contributed by atoms with E-state index in [0.717, 1.165) is 25.1 Å². The van der Waals surface area contributed by atoms with Crippen LogP contribution in [0.3, 0.4) is 0 Å². The van der Waals surface area contributed by atoms with Crippen LogP contribution in [0.15, 0.2) is 4.99 Å². The largest absolute Gasteiger partial charge is 0.390 e. The fourth-order valence-corrected chi connectivity index (χ4v) is 2.95. The van der Waals surface area contributed by atoms with Gasteiger partial charge < -0.3 is 5.32 Å². The number of rotatable bonds is 4. The van der Waals surface area contributed by atoms with Crippen LogP contribution in [0.1, 0.15) is 33.1 Å². The van der Waals surface area contributed by atoms with Crippen LogP contribution in [0, 0.1) is 5.41 Å². The summed E-state index contributed by atoms with van der Waals surface area (Å²) in [6.45, 7) is 4.92. The number of amidine groups is 1. The van der Waals surface area contributed by atoms with Crippen molar-refractivity contribution in [1.82, 2.24) is 5.32 Å². The molecule has 1 heterocycles. The Morgan fingerprint density at radius 3 is 2.41 bits per heavy atom. The lowest BCUT2D eigenvalue weighted by molar-refractivity contribution is -0.132. The highest BCUT2D eigenvalue weighted by Crippen LogP contribution is 2.34. The number of thioether (sulfide) groups is 1. The molecular formula is C11H19F3N2S. The molecule has 0 saturated heterocycles. The quantitative estimate of drug-likeness (QED) is 0.844. The van der Waals surface area contributed by atoms with Gasteiger partial charge in [-0.15, -0.1) is 0 Å². The van der Waals surface area contributed by atoms with Crippen LogP contribution < -0.4 is 5.32 Å². The SMILES string of the molecule is CCC1(CC)CN=C(NCCC(F)(F)F)SC1. The van der Waals surface area contributed by atoms with Crippen molar-refractivity contribution in [2.24, 2.45) is 10.4 Å². The summed E-state index contributed by atoms with van der Waals surface area (Å²) in [4.78, 5) is 4.35. The normalized spacial score (nSPS) is 19.9. The molecule has 1 N–H and O–H groups in total. The molecule has 0 unspecified atom stereocenters. The number of nitrogens with one attached hydrogen (secondary N) is 1. The van der Waals surface area contributed by atoms with Crippen molar-refractivity contribution >= 4 is 16.9 Å². The Morgan fingerprint density at radius 1 is 1.35 bits per heavy atom. The van der Waals surface area contributed by atoms with Crippen molar-refractivity contribution in [3.63, 3.8) is 0 Å². The predicted molar refractivity (Wildman–Crippen MR) is 66.4 cm³/mol. The van der Waals surface area contributed by atoms with Crippen molar-refractivity contribution in [1.29, 1.82) is 0 Å². The summed E-state index contributed by atoms with van der Waals surface area (Å²) in [5, 5.41) is 3.42. The van der Waals surface area contributed by atoms with E-state index in [1.807, 2.05) is 0 Å². The van der Waals surface area contributed by atoms with Gasteiger partial charge in [0.05, 0.1) is 6.42 Å². The molecule has 0 aromatic rings. The molecule has 0 amide bonds. The van der Waals surface area contributed by atoms with Crippen LogP contribution in [0.4, 0.5) is 13.2 Å². The van der Waals surface area contributed by atoms with Crippen LogP contribution in [0.2, 0.25) is 0 Å². The van der Waals surface area contributed by atoms with Gasteiger partial charge in [0.25, 0.3) is 0 Å². The summed E-state index contributed by atoms with van der Waals surface area (Å²) in [6.07, 6.45) is -2.77. The minimum absolute atomic E-state index is 0.0828. The summed E-state index contributed by atoms with van der Waals surface area (Å²) in [5.41, 5.74) is 0.236. The molecule has 1 aliphatic rings. The molecule has 6 heteroatoms. The van der Waals surface area contributed by atoms with Gasteiger partial charge in [-0.3, -0.25) is 4.99 Å². The van der Waals surface area contributed by atoms with Gasteiger partial charge in [-0.2, -0.15) is 13.2 Å². The first-order valence-corrected chi connectivity index (χ1v) is 6.87. The Kier molecular flexibility index (Phi) is 5.16. The lowest BCUT2D eigenvalue weighted by Gasteiger charge is -2.33. The third-order valence-electron chi connectivity index (χ3n) is 3.26. The predicted octanol–water partition coefficient (Wildman–Crippen LogP) is 3.44. The molecule has 0 fully saturated rings. The van der Waals surface area contributed by atoms with Gasteiger partial charge >= 0.3 is 6.18 Å². The summed E-state index contributed by atoms with van der Waals surface area (Å²) < 4.78 is 35.9. The van der Waals surface area contributed by atoms with Crippen molar-refractivity contribution in [3.8, 4) is 0 Å². The molecule has 0 atom stereocenters. The van der Waals surface area contributed by atoms with Gasteiger partial charge in [0.15, 0.2) is 5.17 Å². The Balaban J connectivity index is 2.36. The molecule has 17 heavy (non-hydrogen) atoms. The van der Waals surface area contributed by atoms with Crippen molar-refractivity contribution in [2.75, 3.05) is 18.8 Å². The van der Waals surface area contributed by atoms with Crippen molar-refractivity contribution < 1.29 is 13.2 Å². The van der Waals surface area contributed by atoms with Crippen molar-refractivity contribution in [3.05, 3.63) is 0 Å². The molecule has 0 bridgehead atoms. The molecule has 0 saturated carbocycles. The third kappa shape index (κ3) is 4.77. The van der Waals surface area contributed by atoms with Crippen LogP contribution >= 0.6 is 11.8 Å². The third-order valence-corrected chi connectivity index (χ3v) is 4.56. The molecule has 1 aliphatic heterocycles. The van der Waals surface area contributed by atoms with E-state index in [1.54, 1.807) is 11.8 Å². The molecule has 0 radical (unpaired) electrons. The average Bonchev–Trinajstić information content (AvgIpc) is 2.29. The van der Waals surface area contributed by atoms with E-state index in [9.17, 15) is 13.2 Å². The van der Waals surface area contributed by atoms with Gasteiger partial charge in [-0.05, 0) is 18.3 Å². The second kappa shape index (κ2) is 5.98. The van der Waals surface area contributed by atoms with Crippen LogP contribution in [0.25, 0.3) is 0 Å². The van der Waals surface area contributed by atoms with Crippen LogP contribution in [0.5, 0.6) is 0 Å². The lowest BCUT2D eigenvalue weighted by atomic mass is 9.84. The van der Waals surface area contributed by atoms with E-state index in [4.69, 9.17) is 0 Å². The Bertz CT molecular complexity index is 272. The summed E-state index contributed by atoms with van der Waals surface area (Å²) in [5.74, 6) is 0.942. The minimum atomic E-state index is -4.09. The molecule has 0 aliphatic carbocycles. The van der Waals surface area contributed by atoms with E-state index in [-0.39, 0.29) is 12.0 Å². The van der Waals surface area contributed by atoms with E-state index in [2.05, 4.69) is 24.2 Å². The van der Waals surface area contributed by atoms with Gasteiger partial charge in [0, 0.05) is 18.8 Å². The number of hydrogen-bond donors (Lipinski definition) is 1. The van der Waals surface area contributed by atoms with Crippen LogP contribution in [-0.2, 0) is 0 Å². The average molecular weight is 268 g/mol. The number of aliphatic imine (C=N–C) groups is 1. The van der Waals surface area contributed by atoms with Crippen molar-refractivity contribution in [2.45, 2.75) is 39.3 Å². The van der Waals surface area contributed by atoms with Gasteiger partial charge in [0.2, 0.25) is 0 Å². The molecular weight excluding hydrogens is 249 g/mol. The highest BCUT2D eigenvalue weighted by molar-refractivity contribution is 8.13. The summed E-state index contributed by atoms with van der Waals surface area (Å²) >= 11 is 1.54. The fourth-order valence-electron chi connectivity index (χ4n) is 1.65. The molecule has 2 nitrogen and oxygen atoms in total. The zero-order chi connectivity index (χ0) is 12.9. The standard InChI is InChI=1S/C11H19F3N2S/c1-3-10(4-2)7-16-9(17-8-10)15-6-5-11(12,13)14/h3-8H2,1-2H3,(H,15,16). The van der Waals surface area contributed by atoms with E-state index in [0.29, 0.717) is 5.17 Å². The molecule has 0 aromatic heterocycles. The van der Waals surface area contributed by atoms with Gasteiger partial charge in [-0.1, -0.05) is 25.6 Å². The maximum Gasteiger partial charge on any atom is 0.390 e. The fraction of sp³-hybridized carbons (Fsp3) is 0.909. The zero-order valence-corrected chi connectivity index (χ0v) is 11.0.